The number of nitrogens with one attached hydrogen (secondary N) is 2. The van der Waals surface area contributed by atoms with Gasteiger partial charge < -0.3 is 14.8 Å². The molecule has 0 atom stereocenters. The molecule has 34 heavy (non-hydrogen) atoms. The molecule has 0 saturated heterocycles. The first-order valence-electron chi connectivity index (χ1n) is 9.69. The molecule has 0 aliphatic heterocycles. The highest BCUT2D eigenvalue weighted by Crippen LogP contribution is 2.22. The number of aryl methyl sites for hydroxylation is 2. The second-order valence-electron chi connectivity index (χ2n) is 6.83. The number of hydrogen-bond acceptors (Lipinski definition) is 10. The zero-order valence-corrected chi connectivity index (χ0v) is 19.2. The number of hydrogen-bond donors (Lipinski definition) is 2. The summed E-state index contributed by atoms with van der Waals surface area (Å²) in [5.41, 5.74) is 0.510. The SMILES string of the molecule is COc1cc(NS(=O)(=O)c2ccc(NC(=O)CCn3cc([N+](=O)[O-])c(C)n3)cc2)nc(OC)n1. The second-order valence-corrected chi connectivity index (χ2v) is 8.51. The van der Waals surface area contributed by atoms with Crippen molar-refractivity contribution < 1.29 is 27.6 Å². The van der Waals surface area contributed by atoms with Crippen LogP contribution in [-0.2, 0) is 21.4 Å². The van der Waals surface area contributed by atoms with E-state index in [-0.39, 0.29) is 52.9 Å². The Morgan fingerprint density at radius 1 is 1.18 bits per heavy atom. The van der Waals surface area contributed by atoms with E-state index in [1.807, 2.05) is 0 Å². The van der Waals surface area contributed by atoms with Gasteiger partial charge >= 0.3 is 11.7 Å². The molecule has 0 aliphatic rings. The van der Waals surface area contributed by atoms with Gasteiger partial charge in [-0.05, 0) is 31.2 Å². The molecule has 1 aromatic carbocycles. The summed E-state index contributed by atoms with van der Waals surface area (Å²) >= 11 is 0. The number of aromatic nitrogens is 4. The molecule has 3 aromatic rings. The average molecular weight is 491 g/mol. The van der Waals surface area contributed by atoms with Crippen LogP contribution in [0.1, 0.15) is 12.1 Å². The maximum Gasteiger partial charge on any atom is 0.321 e. The number of ether oxygens (including phenoxy) is 2. The van der Waals surface area contributed by atoms with Crippen molar-refractivity contribution in [2.45, 2.75) is 24.8 Å². The zero-order chi connectivity index (χ0) is 24.9. The third-order valence-electron chi connectivity index (χ3n) is 4.45. The molecular formula is C19H21N7O7S. The van der Waals surface area contributed by atoms with Crippen LogP contribution in [-0.4, -0.2) is 53.2 Å². The summed E-state index contributed by atoms with van der Waals surface area (Å²) in [5.74, 6) is -0.303. The minimum Gasteiger partial charge on any atom is -0.481 e. The number of carbonyl (C=O) groups excluding carboxylic acids is 1. The normalized spacial score (nSPS) is 11.0. The van der Waals surface area contributed by atoms with Gasteiger partial charge in [-0.3, -0.25) is 24.3 Å². The van der Waals surface area contributed by atoms with Gasteiger partial charge in [0.15, 0.2) is 5.82 Å². The monoisotopic (exact) mass is 491 g/mol. The maximum atomic E-state index is 12.7. The predicted molar refractivity (Wildman–Crippen MR) is 119 cm³/mol. The molecule has 14 nitrogen and oxygen atoms in total. The zero-order valence-electron chi connectivity index (χ0n) is 18.4. The smallest absolute Gasteiger partial charge is 0.321 e. The van der Waals surface area contributed by atoms with Crippen LogP contribution in [0.4, 0.5) is 17.2 Å². The first-order chi connectivity index (χ1) is 16.1. The first kappa shape index (κ1) is 24.4. The van der Waals surface area contributed by atoms with E-state index in [0.717, 1.165) is 0 Å². The lowest BCUT2D eigenvalue weighted by Gasteiger charge is -2.10. The Kier molecular flexibility index (Phi) is 7.25. The highest BCUT2D eigenvalue weighted by Gasteiger charge is 2.18. The Labute approximate surface area is 194 Å². The van der Waals surface area contributed by atoms with Crippen LogP contribution < -0.4 is 19.5 Å². The van der Waals surface area contributed by atoms with Gasteiger partial charge in [-0.25, -0.2) is 8.42 Å². The van der Waals surface area contributed by atoms with E-state index in [0.29, 0.717) is 5.69 Å². The molecule has 0 bridgehead atoms. The topological polar surface area (TPSA) is 180 Å². The van der Waals surface area contributed by atoms with Crippen molar-refractivity contribution in [2.24, 2.45) is 0 Å². The average Bonchev–Trinajstić information content (AvgIpc) is 3.18. The Morgan fingerprint density at radius 3 is 2.47 bits per heavy atom. The molecule has 2 heterocycles. The summed E-state index contributed by atoms with van der Waals surface area (Å²) in [6.45, 7) is 1.65. The lowest BCUT2D eigenvalue weighted by molar-refractivity contribution is -0.385. The Bertz CT molecular complexity index is 1280. The van der Waals surface area contributed by atoms with Gasteiger partial charge in [-0.2, -0.15) is 15.1 Å². The molecular weight excluding hydrogens is 470 g/mol. The Hall–Kier alpha value is -4.27. The van der Waals surface area contributed by atoms with Gasteiger partial charge in [-0.1, -0.05) is 0 Å². The molecule has 1 amide bonds. The van der Waals surface area contributed by atoms with Crippen molar-refractivity contribution in [3.8, 4) is 11.9 Å². The third kappa shape index (κ3) is 5.94. The van der Waals surface area contributed by atoms with E-state index in [1.165, 1.54) is 62.4 Å². The number of carbonyl (C=O) groups is 1. The molecule has 0 radical (unpaired) electrons. The number of nitrogens with zero attached hydrogens (tertiary/aromatic N) is 5. The summed E-state index contributed by atoms with van der Waals surface area (Å²) in [5, 5.41) is 17.5. The van der Waals surface area contributed by atoms with Crippen molar-refractivity contribution >= 4 is 33.1 Å². The molecule has 2 aromatic heterocycles. The maximum absolute atomic E-state index is 12.7. The van der Waals surface area contributed by atoms with E-state index in [9.17, 15) is 23.3 Å². The standard InChI is InChI=1S/C19H21N7O7S/c1-12-15(26(28)29)11-25(23-12)9-8-17(27)20-13-4-6-14(7-5-13)34(30,31)24-16-10-18(32-2)22-19(21-16)33-3/h4-7,10-11H,8-9H2,1-3H3,(H,20,27)(H,21,22,24). The van der Waals surface area contributed by atoms with E-state index >= 15 is 0 Å². The van der Waals surface area contributed by atoms with Crippen LogP contribution in [0.25, 0.3) is 0 Å². The van der Waals surface area contributed by atoms with Crippen LogP contribution in [0.2, 0.25) is 0 Å². The molecule has 180 valence electrons. The van der Waals surface area contributed by atoms with Crippen molar-refractivity contribution in [1.82, 2.24) is 19.7 Å². The fourth-order valence-electron chi connectivity index (χ4n) is 2.81. The lowest BCUT2D eigenvalue weighted by Crippen LogP contribution is -2.16. The van der Waals surface area contributed by atoms with Gasteiger partial charge in [-0.15, -0.1) is 0 Å². The number of methoxy groups -OCH3 is 2. The lowest BCUT2D eigenvalue weighted by atomic mass is 10.3. The summed E-state index contributed by atoms with van der Waals surface area (Å²) < 4.78 is 38.9. The number of sulfonamides is 1. The molecule has 3 rings (SSSR count). The highest BCUT2D eigenvalue weighted by atomic mass is 32.2. The Morgan fingerprint density at radius 2 is 1.88 bits per heavy atom. The van der Waals surface area contributed by atoms with E-state index < -0.39 is 14.9 Å². The molecule has 0 spiro atoms. The predicted octanol–water partition coefficient (Wildman–Crippen LogP) is 1.74. The molecule has 2 N–H and O–H groups in total. The number of rotatable bonds is 10. The van der Waals surface area contributed by atoms with Crippen LogP contribution >= 0.6 is 0 Å². The summed E-state index contributed by atoms with van der Waals surface area (Å²) in [7, 11) is -1.29. The third-order valence-corrected chi connectivity index (χ3v) is 5.82. The fraction of sp³-hybridized carbons (Fsp3) is 0.263. The number of anilines is 2. The molecule has 0 aliphatic carbocycles. The fourth-order valence-corrected chi connectivity index (χ4v) is 3.80. The van der Waals surface area contributed by atoms with Crippen LogP contribution in [0.15, 0.2) is 41.4 Å². The van der Waals surface area contributed by atoms with Crippen LogP contribution in [0, 0.1) is 17.0 Å². The van der Waals surface area contributed by atoms with Gasteiger partial charge in [0.25, 0.3) is 10.0 Å². The highest BCUT2D eigenvalue weighted by molar-refractivity contribution is 7.92. The van der Waals surface area contributed by atoms with E-state index in [2.05, 4.69) is 25.1 Å². The summed E-state index contributed by atoms with van der Waals surface area (Å²) in [6.07, 6.45) is 1.27. The van der Waals surface area contributed by atoms with Crippen molar-refractivity contribution in [3.63, 3.8) is 0 Å². The largest absolute Gasteiger partial charge is 0.481 e. The molecule has 0 fully saturated rings. The number of amides is 1. The second kappa shape index (κ2) is 10.1. The molecule has 15 heteroatoms. The quantitative estimate of drug-likeness (QED) is 0.313. The first-order valence-corrected chi connectivity index (χ1v) is 11.2. The van der Waals surface area contributed by atoms with Gasteiger partial charge in [0.05, 0.1) is 24.0 Å². The van der Waals surface area contributed by atoms with E-state index in [4.69, 9.17) is 9.47 Å². The minimum absolute atomic E-state index is 0.0112. The van der Waals surface area contributed by atoms with Crippen molar-refractivity contribution in [1.29, 1.82) is 0 Å². The molecule has 0 unspecified atom stereocenters. The summed E-state index contributed by atoms with van der Waals surface area (Å²) in [4.78, 5) is 30.3. The van der Waals surface area contributed by atoms with E-state index in [1.54, 1.807) is 0 Å². The van der Waals surface area contributed by atoms with Crippen molar-refractivity contribution in [3.05, 3.63) is 52.3 Å². The van der Waals surface area contributed by atoms with Crippen LogP contribution in [0.3, 0.4) is 0 Å². The number of nitro groups is 1. The Balaban J connectivity index is 1.62. The number of benzene rings is 1. The van der Waals surface area contributed by atoms with Crippen LogP contribution in [0.5, 0.6) is 11.9 Å². The van der Waals surface area contributed by atoms with Crippen molar-refractivity contribution in [2.75, 3.05) is 24.3 Å². The van der Waals surface area contributed by atoms with Gasteiger partial charge in [0.1, 0.15) is 11.9 Å². The van der Waals surface area contributed by atoms with Gasteiger partial charge in [0, 0.05) is 24.7 Å². The minimum atomic E-state index is -3.99. The summed E-state index contributed by atoms with van der Waals surface area (Å²) in [6, 6.07) is 6.70. The molecule has 0 saturated carbocycles. The van der Waals surface area contributed by atoms with Gasteiger partial charge in [0.2, 0.25) is 11.8 Å².